The van der Waals surface area contributed by atoms with Crippen molar-refractivity contribution in [3.05, 3.63) is 65.4 Å². The molecule has 2 amide bonds. The molecule has 0 unspecified atom stereocenters. The second-order valence-electron chi connectivity index (χ2n) is 7.78. The fraction of sp³-hybridized carbons (Fsp3) is 0.238. The van der Waals surface area contributed by atoms with Crippen molar-refractivity contribution >= 4 is 29.0 Å². The molecule has 0 atom stereocenters. The molecule has 0 spiro atoms. The quantitative estimate of drug-likeness (QED) is 0.332. The van der Waals surface area contributed by atoms with E-state index in [1.807, 2.05) is 0 Å². The van der Waals surface area contributed by atoms with Gasteiger partial charge in [0.1, 0.15) is 22.9 Å². The van der Waals surface area contributed by atoms with Gasteiger partial charge in [-0.05, 0) is 43.2 Å². The lowest BCUT2D eigenvalue weighted by atomic mass is 10.1. The lowest BCUT2D eigenvalue weighted by molar-refractivity contribution is -0.137. The summed E-state index contributed by atoms with van der Waals surface area (Å²) in [5.74, 6) is -1.75. The summed E-state index contributed by atoms with van der Waals surface area (Å²) in [5, 5.41) is 14.1. The maximum Gasteiger partial charge on any atom is 0.418 e. The number of nitrogen functional groups attached to an aromatic ring is 1. The summed E-state index contributed by atoms with van der Waals surface area (Å²) in [6.07, 6.45) is -2.52. The molecule has 0 bridgehead atoms. The third-order valence-corrected chi connectivity index (χ3v) is 5.20. The highest BCUT2D eigenvalue weighted by atomic mass is 19.4. The van der Waals surface area contributed by atoms with Crippen LogP contribution in [0.2, 0.25) is 0 Å². The Kier molecular flexibility index (Phi) is 5.85. The summed E-state index contributed by atoms with van der Waals surface area (Å²) in [6.45, 7) is 0.0398. The van der Waals surface area contributed by atoms with Crippen LogP contribution >= 0.6 is 0 Å². The number of halogens is 4. The Morgan fingerprint density at radius 2 is 1.91 bits per heavy atom. The number of nitrogens with two attached hydrogens (primary N) is 1. The molecular weight excluding hydrogens is 458 g/mol. The molecule has 9 nitrogen and oxygen atoms in total. The predicted octanol–water partition coefficient (Wildman–Crippen LogP) is 2.87. The van der Waals surface area contributed by atoms with Crippen LogP contribution in [0.1, 0.15) is 34.6 Å². The molecule has 1 aliphatic rings. The number of nitrogens with zero attached hydrogens (tertiary/aromatic N) is 2. The molecule has 1 aliphatic carbocycles. The van der Waals surface area contributed by atoms with E-state index in [4.69, 9.17) is 5.73 Å². The van der Waals surface area contributed by atoms with Gasteiger partial charge >= 0.3 is 6.18 Å². The SMILES string of the molecule is Nc1cc(C(=O)NC2(C(=O)NCc3ccc(Nc4ccc(F)cc4C(F)(F)F)cn3)CC2)[nH]n1. The first-order valence-electron chi connectivity index (χ1n) is 10.1. The minimum Gasteiger partial charge on any atom is -0.382 e. The average Bonchev–Trinajstić information content (AvgIpc) is 3.44. The van der Waals surface area contributed by atoms with E-state index in [1.54, 1.807) is 0 Å². The van der Waals surface area contributed by atoms with Crippen LogP contribution in [0.3, 0.4) is 0 Å². The molecule has 2 heterocycles. The Labute approximate surface area is 190 Å². The minimum absolute atomic E-state index is 0.0398. The van der Waals surface area contributed by atoms with Crippen LogP contribution in [0, 0.1) is 5.82 Å². The Morgan fingerprint density at radius 1 is 1.15 bits per heavy atom. The van der Waals surface area contributed by atoms with Gasteiger partial charge in [-0.1, -0.05) is 0 Å². The number of H-pyrrole nitrogens is 1. The number of alkyl halides is 3. The van der Waals surface area contributed by atoms with Crippen molar-refractivity contribution in [3.63, 3.8) is 0 Å². The fourth-order valence-corrected chi connectivity index (χ4v) is 3.23. The number of benzene rings is 1. The summed E-state index contributed by atoms with van der Waals surface area (Å²) in [6, 6.07) is 6.68. The molecule has 0 saturated heterocycles. The van der Waals surface area contributed by atoms with Crippen molar-refractivity contribution in [2.75, 3.05) is 11.1 Å². The van der Waals surface area contributed by atoms with E-state index in [0.717, 1.165) is 12.1 Å². The molecule has 6 N–H and O–H groups in total. The zero-order chi connectivity index (χ0) is 24.5. The van der Waals surface area contributed by atoms with Gasteiger partial charge in [0, 0.05) is 6.07 Å². The van der Waals surface area contributed by atoms with Crippen LogP contribution in [-0.2, 0) is 17.5 Å². The zero-order valence-corrected chi connectivity index (χ0v) is 17.5. The van der Waals surface area contributed by atoms with E-state index in [1.165, 1.54) is 24.4 Å². The van der Waals surface area contributed by atoms with Gasteiger partial charge in [-0.15, -0.1) is 0 Å². The summed E-state index contributed by atoms with van der Waals surface area (Å²) in [7, 11) is 0. The first kappa shape index (κ1) is 23.0. The standard InChI is InChI=1S/C21H19F4N7O2/c22-11-1-4-15(14(7-11)21(23,24)25)29-13-3-2-12(27-10-13)9-28-19(34)20(5-6-20)30-18(33)16-8-17(26)32-31-16/h1-4,7-8,10,29H,5-6,9H2,(H,28,34)(H,30,33)(H3,26,31,32). The van der Waals surface area contributed by atoms with Gasteiger partial charge in [0.15, 0.2) is 0 Å². The van der Waals surface area contributed by atoms with Gasteiger partial charge < -0.3 is 21.7 Å². The third kappa shape index (κ3) is 5.08. The number of hydrogen-bond acceptors (Lipinski definition) is 6. The van der Waals surface area contributed by atoms with E-state index in [-0.39, 0.29) is 29.4 Å². The molecule has 1 aromatic carbocycles. The number of aromatic amines is 1. The van der Waals surface area contributed by atoms with Gasteiger partial charge in [0.25, 0.3) is 5.91 Å². The van der Waals surface area contributed by atoms with Crippen LogP contribution in [0.15, 0.2) is 42.6 Å². The number of nitrogens with one attached hydrogen (secondary N) is 4. The van der Waals surface area contributed by atoms with Crippen LogP contribution < -0.4 is 21.7 Å². The first-order chi connectivity index (χ1) is 16.1. The van der Waals surface area contributed by atoms with E-state index in [0.29, 0.717) is 24.6 Å². The summed E-state index contributed by atoms with van der Waals surface area (Å²) >= 11 is 0. The molecule has 1 saturated carbocycles. The van der Waals surface area contributed by atoms with Gasteiger partial charge in [-0.2, -0.15) is 18.3 Å². The molecule has 3 aromatic rings. The van der Waals surface area contributed by atoms with E-state index >= 15 is 0 Å². The van der Waals surface area contributed by atoms with Crippen molar-refractivity contribution in [1.82, 2.24) is 25.8 Å². The number of rotatable bonds is 7. The highest BCUT2D eigenvalue weighted by molar-refractivity contribution is 5.99. The summed E-state index contributed by atoms with van der Waals surface area (Å²) in [4.78, 5) is 29.0. The molecule has 1 fully saturated rings. The number of aromatic nitrogens is 3. The number of carbonyl (C=O) groups excluding carboxylic acids is 2. The van der Waals surface area contributed by atoms with E-state index in [2.05, 4.69) is 31.1 Å². The maximum absolute atomic E-state index is 13.3. The summed E-state index contributed by atoms with van der Waals surface area (Å²) < 4.78 is 52.7. The van der Waals surface area contributed by atoms with Crippen LogP contribution in [0.5, 0.6) is 0 Å². The van der Waals surface area contributed by atoms with Crippen molar-refractivity contribution in [2.45, 2.75) is 31.1 Å². The van der Waals surface area contributed by atoms with Gasteiger partial charge in [0.2, 0.25) is 5.91 Å². The normalized spacial score (nSPS) is 14.4. The second kappa shape index (κ2) is 8.65. The topological polar surface area (TPSA) is 138 Å². The molecular formula is C21H19F4N7O2. The highest BCUT2D eigenvalue weighted by Crippen LogP contribution is 2.37. The Hall–Kier alpha value is -4.16. The fourth-order valence-electron chi connectivity index (χ4n) is 3.23. The highest BCUT2D eigenvalue weighted by Gasteiger charge is 2.51. The molecule has 178 valence electrons. The monoisotopic (exact) mass is 477 g/mol. The van der Waals surface area contributed by atoms with Gasteiger partial charge in [-0.25, -0.2) is 4.39 Å². The number of pyridine rings is 1. The molecule has 4 rings (SSSR count). The Balaban J connectivity index is 1.35. The van der Waals surface area contributed by atoms with E-state index < -0.39 is 34.9 Å². The third-order valence-electron chi connectivity index (χ3n) is 5.20. The molecule has 2 aromatic heterocycles. The maximum atomic E-state index is 13.3. The Bertz CT molecular complexity index is 1220. The van der Waals surface area contributed by atoms with Crippen LogP contribution in [-0.4, -0.2) is 32.5 Å². The van der Waals surface area contributed by atoms with Crippen molar-refractivity contribution in [3.8, 4) is 0 Å². The zero-order valence-electron chi connectivity index (χ0n) is 17.5. The molecule has 0 aliphatic heterocycles. The molecule has 13 heteroatoms. The first-order valence-corrected chi connectivity index (χ1v) is 10.1. The lowest BCUT2D eigenvalue weighted by Crippen LogP contribution is -2.48. The minimum atomic E-state index is -4.74. The smallest absolute Gasteiger partial charge is 0.382 e. The number of anilines is 3. The average molecular weight is 477 g/mol. The second-order valence-corrected chi connectivity index (χ2v) is 7.78. The van der Waals surface area contributed by atoms with Gasteiger partial charge in [0.05, 0.1) is 35.4 Å². The number of hydrogen-bond donors (Lipinski definition) is 5. The Morgan fingerprint density at radius 3 is 2.50 bits per heavy atom. The largest absolute Gasteiger partial charge is 0.418 e. The van der Waals surface area contributed by atoms with Crippen molar-refractivity contribution in [1.29, 1.82) is 0 Å². The predicted molar refractivity (Wildman–Crippen MR) is 113 cm³/mol. The van der Waals surface area contributed by atoms with E-state index in [9.17, 15) is 27.2 Å². The number of amides is 2. The summed E-state index contributed by atoms with van der Waals surface area (Å²) in [5.41, 5.74) is 3.81. The lowest BCUT2D eigenvalue weighted by Gasteiger charge is -2.17. The van der Waals surface area contributed by atoms with Crippen LogP contribution in [0.4, 0.5) is 34.8 Å². The molecule has 34 heavy (non-hydrogen) atoms. The van der Waals surface area contributed by atoms with Gasteiger partial charge in [-0.3, -0.25) is 19.7 Å². The van der Waals surface area contributed by atoms with Crippen molar-refractivity contribution in [2.24, 2.45) is 0 Å². The van der Waals surface area contributed by atoms with Crippen molar-refractivity contribution < 1.29 is 27.2 Å². The van der Waals surface area contributed by atoms with Crippen LogP contribution in [0.25, 0.3) is 0 Å². The number of carbonyl (C=O) groups is 2. The molecule has 0 radical (unpaired) electrons.